The zero-order chi connectivity index (χ0) is 12.6. The van der Waals surface area contributed by atoms with Crippen LogP contribution in [0.5, 0.6) is 0 Å². The third-order valence-electron chi connectivity index (χ3n) is 3.09. The van der Waals surface area contributed by atoms with Crippen molar-refractivity contribution in [3.8, 4) is 0 Å². The molecule has 1 aliphatic rings. The maximum Gasteiger partial charge on any atom is 0.224 e. The Balaban J connectivity index is 1.54. The molecule has 0 saturated carbocycles. The number of ether oxygens (including phenoxy) is 1. The number of hydrogen-bond donors (Lipinski definition) is 2. The lowest BCUT2D eigenvalue weighted by Crippen LogP contribution is -2.34. The molecule has 1 aromatic rings. The third kappa shape index (κ3) is 4.13. The maximum absolute atomic E-state index is 11.7. The summed E-state index contributed by atoms with van der Waals surface area (Å²) in [5.41, 5.74) is 1.16. The Bertz CT molecular complexity index is 361. The van der Waals surface area contributed by atoms with Gasteiger partial charge in [0.1, 0.15) is 0 Å². The summed E-state index contributed by atoms with van der Waals surface area (Å²) in [5, 5.41) is 6.09. The zero-order valence-corrected chi connectivity index (χ0v) is 10.5. The Labute approximate surface area is 108 Å². The van der Waals surface area contributed by atoms with Gasteiger partial charge in [0.05, 0.1) is 19.1 Å². The largest absolute Gasteiger partial charge is 0.375 e. The first kappa shape index (κ1) is 13.1. The van der Waals surface area contributed by atoms with Crippen molar-refractivity contribution < 1.29 is 9.53 Å². The number of carbonyl (C=O) groups is 1. The number of carbonyl (C=O) groups excluding carboxylic acids is 1. The van der Waals surface area contributed by atoms with Gasteiger partial charge in [-0.2, -0.15) is 0 Å². The van der Waals surface area contributed by atoms with E-state index in [0.29, 0.717) is 19.8 Å². The Hall–Kier alpha value is -1.39. The molecule has 1 saturated heterocycles. The van der Waals surface area contributed by atoms with Gasteiger partial charge in [0.25, 0.3) is 0 Å². The summed E-state index contributed by atoms with van der Waals surface area (Å²) in [6.07, 6.45) is 0.941. The van der Waals surface area contributed by atoms with Crippen LogP contribution >= 0.6 is 0 Å². The summed E-state index contributed by atoms with van der Waals surface area (Å²) in [6.45, 7) is 3.49. The molecule has 0 bridgehead atoms. The predicted octanol–water partition coefficient (Wildman–Crippen LogP) is 0.929. The minimum absolute atomic E-state index is 0.138. The van der Waals surface area contributed by atoms with Crippen molar-refractivity contribution in [2.24, 2.45) is 5.92 Å². The topological polar surface area (TPSA) is 50.4 Å². The Morgan fingerprint density at radius 1 is 1.39 bits per heavy atom. The van der Waals surface area contributed by atoms with Crippen molar-refractivity contribution in [3.63, 3.8) is 0 Å². The summed E-state index contributed by atoms with van der Waals surface area (Å²) in [5.74, 6) is 0.280. The molecule has 0 spiro atoms. The molecule has 98 valence electrons. The summed E-state index contributed by atoms with van der Waals surface area (Å²) >= 11 is 0. The van der Waals surface area contributed by atoms with Crippen molar-refractivity contribution in [1.82, 2.24) is 10.6 Å². The first-order chi connectivity index (χ1) is 8.86. The number of nitrogens with one attached hydrogen (secondary N) is 2. The molecule has 0 aliphatic carbocycles. The van der Waals surface area contributed by atoms with E-state index in [1.807, 2.05) is 30.3 Å². The molecule has 1 atom stereocenters. The van der Waals surface area contributed by atoms with Crippen LogP contribution in [0, 0.1) is 5.92 Å². The molecule has 1 amide bonds. The van der Waals surface area contributed by atoms with E-state index in [-0.39, 0.29) is 11.8 Å². The van der Waals surface area contributed by atoms with Gasteiger partial charge in [-0.05, 0) is 18.5 Å². The van der Waals surface area contributed by atoms with Gasteiger partial charge in [0, 0.05) is 13.1 Å². The lowest BCUT2D eigenvalue weighted by molar-refractivity contribution is -0.124. The lowest BCUT2D eigenvalue weighted by atomic mass is 10.1. The van der Waals surface area contributed by atoms with E-state index in [9.17, 15) is 4.79 Å². The monoisotopic (exact) mass is 248 g/mol. The molecular weight excluding hydrogens is 228 g/mol. The normalized spacial score (nSPS) is 18.8. The van der Waals surface area contributed by atoms with E-state index < -0.39 is 0 Å². The quantitative estimate of drug-likeness (QED) is 0.736. The number of amides is 1. The second kappa shape index (κ2) is 7.13. The van der Waals surface area contributed by atoms with Gasteiger partial charge in [-0.25, -0.2) is 0 Å². The van der Waals surface area contributed by atoms with E-state index in [2.05, 4.69) is 10.6 Å². The summed E-state index contributed by atoms with van der Waals surface area (Å²) in [6, 6.07) is 10.0. The average Bonchev–Trinajstić information content (AvgIpc) is 2.93. The van der Waals surface area contributed by atoms with Gasteiger partial charge in [-0.3, -0.25) is 4.79 Å². The SMILES string of the molecule is O=C(NCCOCc1ccccc1)C1CCNC1. The van der Waals surface area contributed by atoms with Crippen molar-refractivity contribution in [2.45, 2.75) is 13.0 Å². The molecule has 1 aliphatic heterocycles. The Morgan fingerprint density at radius 3 is 2.94 bits per heavy atom. The summed E-state index contributed by atoms with van der Waals surface area (Å²) < 4.78 is 5.50. The van der Waals surface area contributed by atoms with E-state index in [1.165, 1.54) is 0 Å². The van der Waals surface area contributed by atoms with Gasteiger partial charge < -0.3 is 15.4 Å². The summed E-state index contributed by atoms with van der Waals surface area (Å²) in [7, 11) is 0. The lowest BCUT2D eigenvalue weighted by Gasteiger charge is -2.10. The van der Waals surface area contributed by atoms with Gasteiger partial charge in [0.2, 0.25) is 5.91 Å². The van der Waals surface area contributed by atoms with Crippen molar-refractivity contribution in [2.75, 3.05) is 26.2 Å². The molecule has 0 aromatic heterocycles. The standard InChI is InChI=1S/C14H20N2O2/c17-14(13-6-7-15-10-13)16-8-9-18-11-12-4-2-1-3-5-12/h1-5,13,15H,6-11H2,(H,16,17). The van der Waals surface area contributed by atoms with Crippen LogP contribution in [-0.4, -0.2) is 32.1 Å². The first-order valence-corrected chi connectivity index (χ1v) is 6.46. The molecule has 1 aromatic carbocycles. The molecule has 2 rings (SSSR count). The van der Waals surface area contributed by atoms with Crippen LogP contribution in [0.2, 0.25) is 0 Å². The minimum atomic E-state index is 0.138. The van der Waals surface area contributed by atoms with Crippen LogP contribution in [0.25, 0.3) is 0 Å². The second-order valence-corrected chi connectivity index (χ2v) is 4.52. The van der Waals surface area contributed by atoms with Crippen LogP contribution in [0.15, 0.2) is 30.3 Å². The van der Waals surface area contributed by atoms with Gasteiger partial charge in [0.15, 0.2) is 0 Å². The number of benzene rings is 1. The fourth-order valence-corrected chi connectivity index (χ4v) is 2.03. The molecule has 1 heterocycles. The Kier molecular flexibility index (Phi) is 5.17. The average molecular weight is 248 g/mol. The van der Waals surface area contributed by atoms with E-state index >= 15 is 0 Å². The molecule has 4 nitrogen and oxygen atoms in total. The highest BCUT2D eigenvalue weighted by Crippen LogP contribution is 2.06. The third-order valence-corrected chi connectivity index (χ3v) is 3.09. The molecule has 18 heavy (non-hydrogen) atoms. The number of rotatable bonds is 6. The van der Waals surface area contributed by atoms with Gasteiger partial charge in [-0.15, -0.1) is 0 Å². The first-order valence-electron chi connectivity index (χ1n) is 6.46. The fraction of sp³-hybridized carbons (Fsp3) is 0.500. The van der Waals surface area contributed by atoms with Gasteiger partial charge in [-0.1, -0.05) is 30.3 Å². The minimum Gasteiger partial charge on any atom is -0.375 e. The highest BCUT2D eigenvalue weighted by molar-refractivity contribution is 5.79. The maximum atomic E-state index is 11.7. The molecule has 1 fully saturated rings. The summed E-state index contributed by atoms with van der Waals surface area (Å²) in [4.78, 5) is 11.7. The highest BCUT2D eigenvalue weighted by Gasteiger charge is 2.21. The zero-order valence-electron chi connectivity index (χ0n) is 10.5. The molecule has 1 unspecified atom stereocenters. The predicted molar refractivity (Wildman–Crippen MR) is 70.1 cm³/mol. The van der Waals surface area contributed by atoms with E-state index in [0.717, 1.165) is 25.1 Å². The van der Waals surface area contributed by atoms with Crippen LogP contribution in [0.1, 0.15) is 12.0 Å². The molecule has 4 heteroatoms. The fourth-order valence-electron chi connectivity index (χ4n) is 2.03. The highest BCUT2D eigenvalue weighted by atomic mass is 16.5. The van der Waals surface area contributed by atoms with Crippen LogP contribution in [-0.2, 0) is 16.1 Å². The van der Waals surface area contributed by atoms with Crippen LogP contribution in [0.3, 0.4) is 0 Å². The van der Waals surface area contributed by atoms with Crippen molar-refractivity contribution in [1.29, 1.82) is 0 Å². The second-order valence-electron chi connectivity index (χ2n) is 4.52. The van der Waals surface area contributed by atoms with Crippen LogP contribution in [0.4, 0.5) is 0 Å². The number of hydrogen-bond acceptors (Lipinski definition) is 3. The van der Waals surface area contributed by atoms with Crippen molar-refractivity contribution in [3.05, 3.63) is 35.9 Å². The molecule has 2 N–H and O–H groups in total. The Morgan fingerprint density at radius 2 is 2.22 bits per heavy atom. The smallest absolute Gasteiger partial charge is 0.224 e. The van der Waals surface area contributed by atoms with Gasteiger partial charge >= 0.3 is 0 Å². The van der Waals surface area contributed by atoms with E-state index in [1.54, 1.807) is 0 Å². The van der Waals surface area contributed by atoms with Crippen molar-refractivity contribution >= 4 is 5.91 Å². The molecular formula is C14H20N2O2. The van der Waals surface area contributed by atoms with E-state index in [4.69, 9.17) is 4.74 Å². The van der Waals surface area contributed by atoms with Crippen LogP contribution < -0.4 is 10.6 Å². The molecule has 0 radical (unpaired) electrons.